The lowest BCUT2D eigenvalue weighted by atomic mass is 9.69. The van der Waals surface area contributed by atoms with Gasteiger partial charge in [-0.1, -0.05) is 54.6 Å². The van der Waals surface area contributed by atoms with E-state index in [1.54, 1.807) is 60.7 Å². The zero-order valence-electron chi connectivity index (χ0n) is 39.5. The van der Waals surface area contributed by atoms with Gasteiger partial charge in [-0.3, -0.25) is 9.59 Å². The fraction of sp³-hybridized carbons (Fsp3) is 0.133. The summed E-state index contributed by atoms with van der Waals surface area (Å²) in [5.41, 5.74) is 2.79. The van der Waals surface area contributed by atoms with E-state index in [4.69, 9.17) is 9.47 Å². The fourth-order valence-corrected chi connectivity index (χ4v) is 10.5. The van der Waals surface area contributed by atoms with E-state index in [9.17, 15) is 61.0 Å². The number of hydrogen-bond acceptors (Lipinski definition) is 15. The van der Waals surface area contributed by atoms with Gasteiger partial charge in [0.25, 0.3) is 0 Å². The van der Waals surface area contributed by atoms with Crippen molar-refractivity contribution < 1.29 is 75.2 Å². The number of ketones is 2. The maximum absolute atomic E-state index is 15.1. The van der Waals surface area contributed by atoms with Crippen molar-refractivity contribution in [2.75, 3.05) is 0 Å². The molecule has 0 radical (unpaired) electrons. The van der Waals surface area contributed by atoms with E-state index in [0.29, 0.717) is 27.8 Å². The highest BCUT2D eigenvalue weighted by Gasteiger charge is 2.51. The van der Waals surface area contributed by atoms with E-state index < -0.39 is 76.5 Å². The summed E-state index contributed by atoms with van der Waals surface area (Å²) in [4.78, 5) is 28.4. The molecule has 2 aliphatic rings. The van der Waals surface area contributed by atoms with Gasteiger partial charge in [-0.25, -0.2) is 0 Å². The quantitative estimate of drug-likeness (QED) is 0.0401. The third-order valence-electron chi connectivity index (χ3n) is 14.0. The molecule has 2 heterocycles. The van der Waals surface area contributed by atoms with Gasteiger partial charge in [0.15, 0.2) is 11.6 Å². The minimum absolute atomic E-state index is 0.0110. The summed E-state index contributed by atoms with van der Waals surface area (Å²) < 4.78 is 13.7. The molecule has 7 atom stereocenters. The van der Waals surface area contributed by atoms with Gasteiger partial charge in [0.2, 0.25) is 0 Å². The summed E-state index contributed by atoms with van der Waals surface area (Å²) in [6, 6.07) is 37.4. The van der Waals surface area contributed by atoms with Gasteiger partial charge in [0.1, 0.15) is 75.1 Å². The molecule has 0 amide bonds. The van der Waals surface area contributed by atoms with Crippen LogP contribution in [0.1, 0.15) is 95.4 Å². The van der Waals surface area contributed by atoms with Gasteiger partial charge in [-0.15, -0.1) is 0 Å². The lowest BCUT2D eigenvalue weighted by molar-refractivity contribution is 0.0253. The molecular formula is C60H48O15. The Bertz CT molecular complexity index is 3520. The van der Waals surface area contributed by atoms with Crippen LogP contribution in [-0.2, 0) is 11.2 Å². The molecule has 15 heteroatoms. The van der Waals surface area contributed by atoms with Crippen molar-refractivity contribution in [3.05, 3.63) is 219 Å². The molecule has 8 aromatic carbocycles. The number of phenolic OH excluding ortho intramolecular Hbond substituents is 11. The zero-order valence-corrected chi connectivity index (χ0v) is 39.5. The molecule has 0 saturated carbocycles. The lowest BCUT2D eigenvalue weighted by Gasteiger charge is -2.41. The smallest absolute Gasteiger partial charge is 0.189 e. The molecule has 11 N–H and O–H groups in total. The van der Waals surface area contributed by atoms with Crippen LogP contribution in [0.5, 0.6) is 69.0 Å². The maximum atomic E-state index is 15.1. The Morgan fingerprint density at radius 1 is 0.440 bits per heavy atom. The van der Waals surface area contributed by atoms with Crippen LogP contribution in [0, 0.1) is 11.8 Å². The van der Waals surface area contributed by atoms with Gasteiger partial charge in [0, 0.05) is 64.3 Å². The summed E-state index contributed by atoms with van der Waals surface area (Å²) >= 11 is 0. The van der Waals surface area contributed by atoms with E-state index >= 15 is 4.79 Å². The second-order valence-electron chi connectivity index (χ2n) is 18.7. The second kappa shape index (κ2) is 19.8. The number of Topliss-reactive ketones (excluding diaryl/α,β-unsaturated/α-hetero) is 1. The van der Waals surface area contributed by atoms with E-state index in [2.05, 4.69) is 0 Å². The zero-order chi connectivity index (χ0) is 52.8. The molecule has 0 spiro atoms. The van der Waals surface area contributed by atoms with Crippen molar-refractivity contribution in [3.8, 4) is 69.0 Å². The summed E-state index contributed by atoms with van der Waals surface area (Å²) in [5.74, 6) is -7.78. The summed E-state index contributed by atoms with van der Waals surface area (Å²) in [5, 5.41) is 120. The molecule has 1 saturated heterocycles. The first-order chi connectivity index (χ1) is 36.0. The van der Waals surface area contributed by atoms with E-state index in [1.807, 2.05) is 0 Å². The molecule has 0 bridgehead atoms. The topological polar surface area (TPSA) is 275 Å². The van der Waals surface area contributed by atoms with Gasteiger partial charge in [0.05, 0.1) is 29.3 Å². The molecular weight excluding hydrogens is 961 g/mol. The van der Waals surface area contributed by atoms with Crippen LogP contribution in [-0.4, -0.2) is 67.7 Å². The Morgan fingerprint density at radius 2 is 0.987 bits per heavy atom. The average molecular weight is 1010 g/mol. The Hall–Kier alpha value is -9.60. The first-order valence-electron chi connectivity index (χ1n) is 23.7. The van der Waals surface area contributed by atoms with Crippen molar-refractivity contribution in [1.82, 2.24) is 0 Å². The van der Waals surface area contributed by atoms with Crippen LogP contribution in [0.4, 0.5) is 0 Å². The number of fused-ring (bicyclic) bond motifs is 1. The van der Waals surface area contributed by atoms with Crippen molar-refractivity contribution in [3.63, 3.8) is 0 Å². The number of phenols is 11. The molecule has 8 aromatic rings. The fourth-order valence-electron chi connectivity index (χ4n) is 10.5. The number of rotatable bonds is 12. The van der Waals surface area contributed by atoms with Gasteiger partial charge in [-0.05, 0) is 120 Å². The first kappa shape index (κ1) is 49.0. The predicted octanol–water partition coefficient (Wildman–Crippen LogP) is 10.6. The van der Waals surface area contributed by atoms with Crippen molar-refractivity contribution in [1.29, 1.82) is 0 Å². The molecule has 15 nitrogen and oxygen atoms in total. The van der Waals surface area contributed by atoms with Crippen LogP contribution in [0.25, 0.3) is 6.08 Å². The van der Waals surface area contributed by atoms with E-state index in [-0.39, 0.29) is 80.2 Å². The average Bonchev–Trinajstić information content (AvgIpc) is 3.78. The standard InChI is InChI=1S/C60H48O15/c61-34-9-1-30(2-10-34)24-46-56(57(73)41-19-16-38(65)26-50(41)70)59(33-7-13-36(63)14-8-33)75-60(46)45-28-44(51(71)29-52(45)72)54-42-20-17-39(66)27-53(42)74-58(32-5-11-35(62)12-6-32)55(54)43-23-31(4-22-48(43)68)3-21-47(67)40-18-15-37(64)25-49(40)69/h1-23,25-29,46,54-56,58-66,68-72H,24H2/b21-3+. The van der Waals surface area contributed by atoms with Crippen LogP contribution in [0.15, 0.2) is 164 Å². The van der Waals surface area contributed by atoms with Crippen LogP contribution in [0.2, 0.25) is 0 Å². The molecule has 378 valence electrons. The van der Waals surface area contributed by atoms with Crippen molar-refractivity contribution in [2.24, 2.45) is 11.8 Å². The lowest BCUT2D eigenvalue weighted by Crippen LogP contribution is -2.30. The summed E-state index contributed by atoms with van der Waals surface area (Å²) in [7, 11) is 0. The second-order valence-corrected chi connectivity index (χ2v) is 18.7. The van der Waals surface area contributed by atoms with Crippen LogP contribution in [0.3, 0.4) is 0 Å². The molecule has 1 fully saturated rings. The third kappa shape index (κ3) is 9.63. The van der Waals surface area contributed by atoms with E-state index in [0.717, 1.165) is 18.2 Å². The Morgan fingerprint density at radius 3 is 1.61 bits per heavy atom. The minimum Gasteiger partial charge on any atom is -0.508 e. The number of aromatic hydroxyl groups is 11. The molecule has 0 aliphatic carbocycles. The van der Waals surface area contributed by atoms with Crippen molar-refractivity contribution >= 4 is 17.6 Å². The van der Waals surface area contributed by atoms with Crippen LogP contribution < -0.4 is 4.74 Å². The Labute approximate surface area is 428 Å². The number of hydrogen-bond donors (Lipinski definition) is 11. The third-order valence-corrected chi connectivity index (χ3v) is 14.0. The highest BCUT2D eigenvalue weighted by atomic mass is 16.5. The highest BCUT2D eigenvalue weighted by molar-refractivity contribution is 6.08. The summed E-state index contributed by atoms with van der Waals surface area (Å²) in [6.45, 7) is 0. The van der Waals surface area contributed by atoms with Gasteiger partial charge < -0.3 is 65.6 Å². The number of carbonyl (C=O) groups excluding carboxylic acids is 2. The Kier molecular flexibility index (Phi) is 12.9. The molecule has 0 aromatic heterocycles. The maximum Gasteiger partial charge on any atom is 0.189 e. The van der Waals surface area contributed by atoms with E-state index in [1.165, 1.54) is 91.0 Å². The number of benzene rings is 8. The number of allylic oxidation sites excluding steroid dienone is 1. The van der Waals surface area contributed by atoms with Crippen LogP contribution >= 0.6 is 0 Å². The molecule has 10 rings (SSSR count). The SMILES string of the molecule is O=C(/C=C/c1ccc(O)c(C2C(c3ccc(O)cc3)Oc3cc(O)ccc3C2c2cc(C3OC(c4ccc(O)cc4)C(C(=O)c4ccc(O)cc4O)C3Cc3ccc(O)cc3)c(O)cc2O)c1)c1ccc(O)cc1O. The number of carbonyl (C=O) groups is 2. The summed E-state index contributed by atoms with van der Waals surface area (Å²) in [6.07, 6.45) is -0.536. The highest BCUT2D eigenvalue weighted by Crippen LogP contribution is 2.60. The molecule has 7 unspecified atom stereocenters. The monoisotopic (exact) mass is 1010 g/mol. The van der Waals surface area contributed by atoms with Gasteiger partial charge >= 0.3 is 0 Å². The largest absolute Gasteiger partial charge is 0.508 e. The van der Waals surface area contributed by atoms with Crippen molar-refractivity contribution in [2.45, 2.75) is 36.6 Å². The predicted molar refractivity (Wildman–Crippen MR) is 273 cm³/mol. The molecule has 75 heavy (non-hydrogen) atoms. The number of ether oxygens (including phenoxy) is 2. The normalized spacial score (nSPS) is 20.1. The Balaban J connectivity index is 1.16. The van der Waals surface area contributed by atoms with Gasteiger partial charge in [-0.2, -0.15) is 0 Å². The minimum atomic E-state index is -1.18. The first-order valence-corrected chi connectivity index (χ1v) is 23.7. The molecule has 2 aliphatic heterocycles.